The van der Waals surface area contributed by atoms with Crippen LogP contribution in [0.4, 0.5) is 5.69 Å². The van der Waals surface area contributed by atoms with E-state index in [-0.39, 0.29) is 11.9 Å². The smallest absolute Gasteiger partial charge is 0.238 e. The van der Waals surface area contributed by atoms with Crippen LogP contribution in [0.1, 0.15) is 13.3 Å². The number of rotatable bonds is 3. The first kappa shape index (κ1) is 15.6. The Hall–Kier alpha value is -0.810. The first-order valence-electron chi connectivity index (χ1n) is 6.68. The molecule has 0 spiro atoms. The number of nitrogens with zero attached hydrogens (tertiary/aromatic N) is 1. The molecule has 1 aromatic carbocycles. The molecule has 1 aliphatic heterocycles. The van der Waals surface area contributed by atoms with E-state index in [1.54, 1.807) is 18.2 Å². The second-order valence-electron chi connectivity index (χ2n) is 5.34. The van der Waals surface area contributed by atoms with Crippen molar-refractivity contribution < 1.29 is 4.79 Å². The van der Waals surface area contributed by atoms with Crippen LogP contribution in [-0.2, 0) is 4.79 Å². The van der Waals surface area contributed by atoms with E-state index in [1.165, 1.54) is 0 Å². The highest BCUT2D eigenvalue weighted by molar-refractivity contribution is 6.42. The van der Waals surface area contributed by atoms with Crippen LogP contribution in [0, 0.1) is 5.92 Å². The molecule has 110 valence electrons. The van der Waals surface area contributed by atoms with Gasteiger partial charge in [0.25, 0.3) is 0 Å². The van der Waals surface area contributed by atoms with Crippen LogP contribution in [0.3, 0.4) is 0 Å². The normalized spacial score (nSPS) is 23.6. The Morgan fingerprint density at radius 3 is 2.85 bits per heavy atom. The fourth-order valence-corrected chi connectivity index (χ4v) is 2.67. The van der Waals surface area contributed by atoms with Crippen LogP contribution < -0.4 is 11.1 Å². The fourth-order valence-electron chi connectivity index (χ4n) is 2.37. The zero-order chi connectivity index (χ0) is 14.7. The minimum Gasteiger partial charge on any atom is -0.327 e. The third kappa shape index (κ3) is 4.09. The van der Waals surface area contributed by atoms with Gasteiger partial charge in [0.1, 0.15) is 0 Å². The van der Waals surface area contributed by atoms with Gasteiger partial charge in [0.15, 0.2) is 0 Å². The van der Waals surface area contributed by atoms with E-state index in [0.717, 1.165) is 19.5 Å². The maximum Gasteiger partial charge on any atom is 0.238 e. The number of benzene rings is 1. The SMILES string of the molecule is CC1CN(CC(=O)Nc2ccc(Cl)c(Cl)c2)CCC1N. The number of piperidine rings is 1. The Bertz CT molecular complexity index is 495. The predicted molar refractivity (Wildman–Crippen MR) is 83.3 cm³/mol. The molecule has 1 heterocycles. The summed E-state index contributed by atoms with van der Waals surface area (Å²) < 4.78 is 0. The van der Waals surface area contributed by atoms with Crippen molar-refractivity contribution in [1.82, 2.24) is 4.90 Å². The fraction of sp³-hybridized carbons (Fsp3) is 0.500. The monoisotopic (exact) mass is 315 g/mol. The van der Waals surface area contributed by atoms with E-state index >= 15 is 0 Å². The van der Waals surface area contributed by atoms with Crippen LogP contribution in [0.15, 0.2) is 18.2 Å². The minimum absolute atomic E-state index is 0.0499. The molecular formula is C14H19Cl2N3O. The summed E-state index contributed by atoms with van der Waals surface area (Å²) in [4.78, 5) is 14.1. The highest BCUT2D eigenvalue weighted by atomic mass is 35.5. The molecule has 20 heavy (non-hydrogen) atoms. The van der Waals surface area contributed by atoms with Crippen LogP contribution in [-0.4, -0.2) is 36.5 Å². The topological polar surface area (TPSA) is 58.4 Å². The van der Waals surface area contributed by atoms with Crippen LogP contribution in [0.25, 0.3) is 0 Å². The highest BCUT2D eigenvalue weighted by Gasteiger charge is 2.24. The molecule has 2 unspecified atom stereocenters. The largest absolute Gasteiger partial charge is 0.327 e. The number of halogens is 2. The van der Waals surface area contributed by atoms with Gasteiger partial charge < -0.3 is 11.1 Å². The molecule has 1 fully saturated rings. The van der Waals surface area contributed by atoms with Crippen molar-refractivity contribution in [1.29, 1.82) is 0 Å². The maximum absolute atomic E-state index is 12.0. The van der Waals surface area contributed by atoms with Crippen molar-refractivity contribution in [2.24, 2.45) is 11.7 Å². The van der Waals surface area contributed by atoms with Crippen molar-refractivity contribution >= 4 is 34.8 Å². The summed E-state index contributed by atoms with van der Waals surface area (Å²) in [6.45, 7) is 4.21. The number of hydrogen-bond donors (Lipinski definition) is 2. The molecular weight excluding hydrogens is 297 g/mol. The van der Waals surface area contributed by atoms with Gasteiger partial charge >= 0.3 is 0 Å². The molecule has 6 heteroatoms. The second kappa shape index (κ2) is 6.76. The molecule has 1 aromatic rings. The van der Waals surface area contributed by atoms with E-state index in [0.29, 0.717) is 28.2 Å². The van der Waals surface area contributed by atoms with E-state index in [9.17, 15) is 4.79 Å². The number of hydrogen-bond acceptors (Lipinski definition) is 3. The van der Waals surface area contributed by atoms with E-state index in [1.807, 2.05) is 0 Å². The first-order chi connectivity index (χ1) is 9.45. The molecule has 1 saturated heterocycles. The first-order valence-corrected chi connectivity index (χ1v) is 7.44. The van der Waals surface area contributed by atoms with Crippen molar-refractivity contribution in [3.63, 3.8) is 0 Å². The molecule has 1 aliphatic rings. The Morgan fingerprint density at radius 1 is 1.45 bits per heavy atom. The number of anilines is 1. The number of carbonyl (C=O) groups is 1. The lowest BCUT2D eigenvalue weighted by Gasteiger charge is -2.34. The van der Waals surface area contributed by atoms with Gasteiger partial charge in [-0.15, -0.1) is 0 Å². The van der Waals surface area contributed by atoms with Gasteiger partial charge in [0.05, 0.1) is 16.6 Å². The van der Waals surface area contributed by atoms with Crippen molar-refractivity contribution in [2.45, 2.75) is 19.4 Å². The molecule has 4 nitrogen and oxygen atoms in total. The van der Waals surface area contributed by atoms with Crippen LogP contribution in [0.2, 0.25) is 10.0 Å². The molecule has 2 rings (SSSR count). The summed E-state index contributed by atoms with van der Waals surface area (Å²) in [7, 11) is 0. The third-order valence-electron chi connectivity index (χ3n) is 3.63. The summed E-state index contributed by atoms with van der Waals surface area (Å²) >= 11 is 11.8. The Morgan fingerprint density at radius 2 is 2.20 bits per heavy atom. The summed E-state index contributed by atoms with van der Waals surface area (Å²) in [5.74, 6) is 0.368. The Balaban J connectivity index is 1.87. The molecule has 0 radical (unpaired) electrons. The lowest BCUT2D eigenvalue weighted by atomic mass is 9.95. The number of carbonyl (C=O) groups excluding carboxylic acids is 1. The van der Waals surface area contributed by atoms with Crippen molar-refractivity contribution in [3.05, 3.63) is 28.2 Å². The Kier molecular flexibility index (Phi) is 5.27. The van der Waals surface area contributed by atoms with E-state index in [4.69, 9.17) is 28.9 Å². The van der Waals surface area contributed by atoms with Gasteiger partial charge in [-0.25, -0.2) is 0 Å². The van der Waals surface area contributed by atoms with E-state index in [2.05, 4.69) is 17.1 Å². The molecule has 2 atom stereocenters. The Labute approximate surface area is 129 Å². The lowest BCUT2D eigenvalue weighted by molar-refractivity contribution is -0.117. The molecule has 1 amide bonds. The summed E-state index contributed by atoms with van der Waals surface area (Å²) in [5.41, 5.74) is 6.63. The summed E-state index contributed by atoms with van der Waals surface area (Å²) in [6, 6.07) is 5.29. The molecule has 0 aliphatic carbocycles. The molecule has 0 saturated carbocycles. The zero-order valence-corrected chi connectivity index (χ0v) is 12.9. The summed E-state index contributed by atoms with van der Waals surface area (Å²) in [6.07, 6.45) is 0.932. The second-order valence-corrected chi connectivity index (χ2v) is 6.16. The molecule has 0 bridgehead atoms. The number of nitrogens with one attached hydrogen (secondary N) is 1. The minimum atomic E-state index is -0.0499. The van der Waals surface area contributed by atoms with Gasteiger partial charge in [0.2, 0.25) is 5.91 Å². The van der Waals surface area contributed by atoms with Gasteiger partial charge in [0, 0.05) is 24.8 Å². The van der Waals surface area contributed by atoms with Gasteiger partial charge in [-0.3, -0.25) is 9.69 Å². The lowest BCUT2D eigenvalue weighted by Crippen LogP contribution is -2.48. The number of amides is 1. The van der Waals surface area contributed by atoms with Crippen LogP contribution in [0.5, 0.6) is 0 Å². The van der Waals surface area contributed by atoms with Gasteiger partial charge in [-0.1, -0.05) is 30.1 Å². The van der Waals surface area contributed by atoms with Crippen molar-refractivity contribution in [2.75, 3.05) is 25.0 Å². The molecule has 0 aromatic heterocycles. The van der Waals surface area contributed by atoms with Crippen molar-refractivity contribution in [3.8, 4) is 0 Å². The highest BCUT2D eigenvalue weighted by Crippen LogP contribution is 2.25. The van der Waals surface area contributed by atoms with Crippen LogP contribution >= 0.6 is 23.2 Å². The predicted octanol–water partition coefficient (Wildman–Crippen LogP) is 2.60. The van der Waals surface area contributed by atoms with Gasteiger partial charge in [-0.05, 0) is 30.5 Å². The van der Waals surface area contributed by atoms with E-state index < -0.39 is 0 Å². The molecule has 3 N–H and O–H groups in total. The number of likely N-dealkylation sites (tertiary alicyclic amines) is 1. The number of nitrogens with two attached hydrogens (primary N) is 1. The third-order valence-corrected chi connectivity index (χ3v) is 4.37. The van der Waals surface area contributed by atoms with Gasteiger partial charge in [-0.2, -0.15) is 0 Å². The quantitative estimate of drug-likeness (QED) is 0.901. The average Bonchev–Trinajstić information content (AvgIpc) is 2.38. The maximum atomic E-state index is 12.0. The standard InChI is InChI=1S/C14H19Cl2N3O/c1-9-7-19(5-4-13(9)17)8-14(20)18-10-2-3-11(15)12(16)6-10/h2-3,6,9,13H,4-5,7-8,17H2,1H3,(H,18,20). The zero-order valence-electron chi connectivity index (χ0n) is 11.4. The summed E-state index contributed by atoms with van der Waals surface area (Å²) in [5, 5.41) is 3.74. The average molecular weight is 316 g/mol.